The highest BCUT2D eigenvalue weighted by Crippen LogP contribution is 2.76. The molecule has 1 unspecified atom stereocenters. The Morgan fingerprint density at radius 3 is 2.27 bits per heavy atom. The summed E-state index contributed by atoms with van der Waals surface area (Å²) in [4.78, 5) is 26.7. The minimum absolute atomic E-state index is 0.0268. The SMILES string of the molecule is COC(=O)[C@]12CCC(C)(C)C[C@@H]1C1[C@H](O)C[C@@H]3[C@@]4(C)C=C(C#N)C(=O)C(C)(C)[C@@H]4CC[C@@]3(C)[C@]1(C)CC2. The fraction of sp³-hybridized carbons (Fsp3) is 0.844. The molecule has 0 bridgehead atoms. The lowest BCUT2D eigenvalue weighted by molar-refractivity contribution is -0.260. The minimum atomic E-state index is -0.599. The van der Waals surface area contributed by atoms with Gasteiger partial charge in [-0.05, 0) is 96.7 Å². The molecule has 5 nitrogen and oxygen atoms in total. The van der Waals surface area contributed by atoms with Gasteiger partial charge in [0.15, 0.2) is 5.78 Å². The molecule has 204 valence electrons. The zero-order valence-corrected chi connectivity index (χ0v) is 24.2. The van der Waals surface area contributed by atoms with Crippen molar-refractivity contribution in [1.82, 2.24) is 0 Å². The van der Waals surface area contributed by atoms with Crippen molar-refractivity contribution >= 4 is 11.8 Å². The van der Waals surface area contributed by atoms with E-state index < -0.39 is 16.9 Å². The first kappa shape index (κ1) is 26.9. The molecule has 0 radical (unpaired) electrons. The summed E-state index contributed by atoms with van der Waals surface area (Å²) < 4.78 is 5.45. The summed E-state index contributed by atoms with van der Waals surface area (Å²) in [7, 11) is 1.52. The maximum absolute atomic E-state index is 13.4. The van der Waals surface area contributed by atoms with E-state index in [0.717, 1.165) is 44.9 Å². The topological polar surface area (TPSA) is 87.4 Å². The Kier molecular flexibility index (Phi) is 5.77. The van der Waals surface area contributed by atoms with Gasteiger partial charge in [0.25, 0.3) is 0 Å². The number of nitrogens with zero attached hydrogens (tertiary/aromatic N) is 1. The number of rotatable bonds is 1. The molecule has 0 aromatic carbocycles. The molecule has 4 fully saturated rings. The smallest absolute Gasteiger partial charge is 0.312 e. The summed E-state index contributed by atoms with van der Waals surface area (Å²) >= 11 is 0. The van der Waals surface area contributed by atoms with Crippen molar-refractivity contribution in [3.63, 3.8) is 0 Å². The Bertz CT molecular complexity index is 1100. The molecule has 0 spiro atoms. The molecule has 9 atom stereocenters. The number of aliphatic hydroxyl groups is 1. The van der Waals surface area contributed by atoms with Gasteiger partial charge in [0, 0.05) is 5.41 Å². The predicted molar refractivity (Wildman–Crippen MR) is 142 cm³/mol. The molecule has 0 aliphatic heterocycles. The van der Waals surface area contributed by atoms with Crippen LogP contribution in [0, 0.1) is 67.5 Å². The fourth-order valence-electron chi connectivity index (χ4n) is 11.2. The molecule has 5 rings (SSSR count). The van der Waals surface area contributed by atoms with Gasteiger partial charge in [-0.25, -0.2) is 0 Å². The Hall–Kier alpha value is -1.67. The van der Waals surface area contributed by atoms with Crippen LogP contribution in [0.15, 0.2) is 11.6 Å². The van der Waals surface area contributed by atoms with Crippen LogP contribution in [0.5, 0.6) is 0 Å². The normalized spacial score (nSPS) is 49.8. The molecule has 0 aromatic rings. The third kappa shape index (κ3) is 3.23. The van der Waals surface area contributed by atoms with Crippen molar-refractivity contribution < 1.29 is 19.4 Å². The van der Waals surface area contributed by atoms with Gasteiger partial charge in [0.05, 0.1) is 24.2 Å². The summed E-state index contributed by atoms with van der Waals surface area (Å²) in [5, 5.41) is 22.0. The number of allylic oxidation sites excluding steroid dienone is 2. The number of Topliss-reactive ketones (excluding diaryl/α,β-unsaturated/α-hetero) is 1. The second kappa shape index (κ2) is 7.93. The largest absolute Gasteiger partial charge is 0.469 e. The maximum Gasteiger partial charge on any atom is 0.312 e. The summed E-state index contributed by atoms with van der Waals surface area (Å²) in [6, 6.07) is 2.22. The summed E-state index contributed by atoms with van der Waals surface area (Å²) in [6.07, 6.45) is 8.54. The molecule has 0 aromatic heterocycles. The first-order chi connectivity index (χ1) is 17.0. The van der Waals surface area contributed by atoms with Crippen LogP contribution in [0.25, 0.3) is 0 Å². The lowest BCUT2D eigenvalue weighted by Crippen LogP contribution is -2.70. The van der Waals surface area contributed by atoms with Crippen molar-refractivity contribution in [1.29, 1.82) is 5.26 Å². The Morgan fingerprint density at radius 2 is 1.65 bits per heavy atom. The van der Waals surface area contributed by atoms with E-state index in [9.17, 15) is 20.0 Å². The van der Waals surface area contributed by atoms with E-state index >= 15 is 0 Å². The van der Waals surface area contributed by atoms with Crippen LogP contribution in [0.3, 0.4) is 0 Å². The number of hydrogen-bond donors (Lipinski definition) is 1. The molecule has 37 heavy (non-hydrogen) atoms. The maximum atomic E-state index is 13.4. The van der Waals surface area contributed by atoms with Gasteiger partial charge in [-0.15, -0.1) is 0 Å². The second-order valence-corrected chi connectivity index (χ2v) is 15.5. The first-order valence-corrected chi connectivity index (χ1v) is 14.5. The Labute approximate surface area is 223 Å². The Balaban J connectivity index is 1.64. The number of carbonyl (C=O) groups is 2. The number of nitriles is 1. The highest BCUT2D eigenvalue weighted by atomic mass is 16.5. The molecule has 5 aliphatic rings. The van der Waals surface area contributed by atoms with E-state index in [1.165, 1.54) is 7.11 Å². The van der Waals surface area contributed by atoms with E-state index in [2.05, 4.69) is 40.7 Å². The quantitative estimate of drug-likeness (QED) is 0.422. The van der Waals surface area contributed by atoms with Gasteiger partial charge >= 0.3 is 5.97 Å². The third-order valence-corrected chi connectivity index (χ3v) is 13.3. The van der Waals surface area contributed by atoms with Crippen LogP contribution < -0.4 is 0 Å². The van der Waals surface area contributed by atoms with Crippen molar-refractivity contribution in [2.75, 3.05) is 7.11 Å². The molecule has 4 saturated carbocycles. The van der Waals surface area contributed by atoms with Crippen LogP contribution in [0.1, 0.15) is 99.8 Å². The van der Waals surface area contributed by atoms with Crippen molar-refractivity contribution in [3.05, 3.63) is 11.6 Å². The van der Waals surface area contributed by atoms with Gasteiger partial charge in [-0.1, -0.05) is 54.5 Å². The molecular weight excluding hydrogens is 462 g/mol. The van der Waals surface area contributed by atoms with Crippen molar-refractivity contribution in [3.8, 4) is 6.07 Å². The van der Waals surface area contributed by atoms with Gasteiger partial charge in [0.1, 0.15) is 6.07 Å². The molecule has 0 heterocycles. The highest BCUT2D eigenvalue weighted by molar-refractivity contribution is 6.04. The van der Waals surface area contributed by atoms with E-state index in [1.807, 2.05) is 19.9 Å². The van der Waals surface area contributed by atoms with Crippen LogP contribution >= 0.6 is 0 Å². The number of hydrogen-bond acceptors (Lipinski definition) is 5. The fourth-order valence-corrected chi connectivity index (χ4v) is 11.2. The number of aliphatic hydroxyl groups excluding tert-OH is 1. The predicted octanol–water partition coefficient (Wildman–Crippen LogP) is 6.25. The second-order valence-electron chi connectivity index (χ2n) is 15.5. The molecule has 0 amide bonds. The van der Waals surface area contributed by atoms with Crippen LogP contribution in [0.2, 0.25) is 0 Å². The van der Waals surface area contributed by atoms with Crippen LogP contribution in [-0.4, -0.2) is 30.1 Å². The zero-order valence-electron chi connectivity index (χ0n) is 24.2. The standard InChI is InChI=1S/C32H47NO4/c1-27(2)11-13-32(26(36)37-8)14-12-31(7)24(20(32)17-27)21(34)15-23-29(5)16-19(18-33)25(35)28(3,4)22(29)9-10-30(23,31)6/h16,20-24,34H,9-15,17H2,1-8H3/t20-,21-,22+,23-,24?,29+,30-,31-,32+/m1/s1. The van der Waals surface area contributed by atoms with Crippen LogP contribution in [0.4, 0.5) is 0 Å². The van der Waals surface area contributed by atoms with Gasteiger partial charge in [-0.3, -0.25) is 9.59 Å². The summed E-state index contributed by atoms with van der Waals surface area (Å²) in [6.45, 7) is 15.7. The van der Waals surface area contributed by atoms with E-state index in [1.54, 1.807) is 0 Å². The molecule has 1 N–H and O–H groups in total. The first-order valence-electron chi connectivity index (χ1n) is 14.5. The highest BCUT2D eigenvalue weighted by Gasteiger charge is 2.73. The average molecular weight is 510 g/mol. The Morgan fingerprint density at radius 1 is 1.00 bits per heavy atom. The van der Waals surface area contributed by atoms with Gasteiger partial charge < -0.3 is 9.84 Å². The summed E-state index contributed by atoms with van der Waals surface area (Å²) in [5.74, 6) is 0.300. The van der Waals surface area contributed by atoms with E-state index in [0.29, 0.717) is 6.42 Å². The van der Waals surface area contributed by atoms with E-state index in [4.69, 9.17) is 4.74 Å². The average Bonchev–Trinajstić information content (AvgIpc) is 2.82. The lowest BCUT2D eigenvalue weighted by Gasteiger charge is -2.73. The van der Waals surface area contributed by atoms with Gasteiger partial charge in [-0.2, -0.15) is 5.26 Å². The number of fused-ring (bicyclic) bond motifs is 7. The lowest BCUT2D eigenvalue weighted by atomic mass is 9.31. The molecule has 5 aliphatic carbocycles. The molecule has 0 saturated heterocycles. The van der Waals surface area contributed by atoms with E-state index in [-0.39, 0.29) is 62.7 Å². The summed E-state index contributed by atoms with van der Waals surface area (Å²) in [5.41, 5.74) is -1.25. The number of esters is 1. The number of ether oxygens (including phenoxy) is 1. The van der Waals surface area contributed by atoms with Crippen LogP contribution in [-0.2, 0) is 14.3 Å². The monoisotopic (exact) mass is 509 g/mol. The van der Waals surface area contributed by atoms with Crippen molar-refractivity contribution in [2.24, 2.45) is 56.2 Å². The molecular formula is C32H47NO4. The van der Waals surface area contributed by atoms with Gasteiger partial charge in [0.2, 0.25) is 0 Å². The van der Waals surface area contributed by atoms with Crippen molar-refractivity contribution in [2.45, 2.75) is 106 Å². The third-order valence-electron chi connectivity index (χ3n) is 13.3. The number of ketones is 1. The zero-order chi connectivity index (χ0) is 27.4. The number of carbonyl (C=O) groups excluding carboxylic acids is 2. The minimum Gasteiger partial charge on any atom is -0.469 e. The molecule has 5 heteroatoms. The number of methoxy groups -OCH3 is 1.